The van der Waals surface area contributed by atoms with Crippen molar-refractivity contribution in [1.82, 2.24) is 19.9 Å². The molecule has 5 rings (SSSR count). The Kier molecular flexibility index (Phi) is 13.1. The highest BCUT2D eigenvalue weighted by Gasteiger charge is 2.22. The number of thiocarbonyl (C=S) groups is 1. The number of nitrogens with one attached hydrogen (secondary N) is 2. The molecule has 2 aromatic carbocycles. The number of aliphatic hydroxyl groups excluding tert-OH is 1. The average Bonchev–Trinajstić information content (AvgIpc) is 3.49. The van der Waals surface area contributed by atoms with E-state index in [1.807, 2.05) is 42.8 Å². The molecule has 1 unspecified atom stereocenters. The summed E-state index contributed by atoms with van der Waals surface area (Å²) in [5.74, 6) is -2.06. The molecule has 0 spiro atoms. The third-order valence-electron chi connectivity index (χ3n) is 8.27. The Balaban J connectivity index is 1.41. The summed E-state index contributed by atoms with van der Waals surface area (Å²) in [6, 6.07) is 15.9. The van der Waals surface area contributed by atoms with Crippen LogP contribution in [0.2, 0.25) is 25.7 Å². The van der Waals surface area contributed by atoms with E-state index in [-0.39, 0.29) is 41.9 Å². The van der Waals surface area contributed by atoms with Crippen LogP contribution in [0.15, 0.2) is 73.3 Å². The van der Waals surface area contributed by atoms with Crippen LogP contribution in [0, 0.1) is 28.9 Å². The first-order valence-corrected chi connectivity index (χ1v) is 21.4. The number of aromatic nitrogens is 3. The van der Waals surface area contributed by atoms with E-state index in [9.17, 15) is 10.4 Å². The Bertz CT molecular complexity index is 2060. The smallest absolute Gasteiger partial charge is 0.198 e. The van der Waals surface area contributed by atoms with Gasteiger partial charge in [-0.2, -0.15) is 5.26 Å². The van der Waals surface area contributed by atoms with Crippen molar-refractivity contribution in [3.8, 4) is 34.4 Å². The number of rotatable bonds is 16. The summed E-state index contributed by atoms with van der Waals surface area (Å²) in [7, 11) is -1.33. The van der Waals surface area contributed by atoms with Gasteiger partial charge < -0.3 is 34.5 Å². The first-order valence-electron chi connectivity index (χ1n) is 17.3. The molecule has 0 aliphatic rings. The van der Waals surface area contributed by atoms with Gasteiger partial charge in [-0.3, -0.25) is 4.98 Å². The van der Waals surface area contributed by atoms with Crippen LogP contribution in [0.5, 0.6) is 17.2 Å². The van der Waals surface area contributed by atoms with E-state index in [0.717, 1.165) is 23.7 Å². The molecule has 3 N–H and O–H groups in total. The molecule has 0 aliphatic heterocycles. The first-order chi connectivity index (χ1) is 25.3. The SMILES string of the molecule is CC(C)Oc1ccc(-c2cn(COCC[Si](C)(C)C)c3nccc(Oc4c(F)cc(NC(=S)NCC(CO)Cc5ccncc5)cc4F)c23)cc1C#N. The summed E-state index contributed by atoms with van der Waals surface area (Å²) >= 11 is 5.37. The number of hydrogen-bond acceptors (Lipinski definition) is 8. The quantitative estimate of drug-likeness (QED) is 0.0514. The third-order valence-corrected chi connectivity index (χ3v) is 10.2. The molecule has 278 valence electrons. The number of ether oxygens (including phenoxy) is 3. The Hall–Kier alpha value is -4.94. The van der Waals surface area contributed by atoms with Gasteiger partial charge in [-0.1, -0.05) is 25.7 Å². The van der Waals surface area contributed by atoms with Crippen molar-refractivity contribution in [2.24, 2.45) is 5.92 Å². The van der Waals surface area contributed by atoms with E-state index in [0.29, 0.717) is 53.0 Å². The molecule has 53 heavy (non-hydrogen) atoms. The summed E-state index contributed by atoms with van der Waals surface area (Å²) in [4.78, 5) is 8.60. The van der Waals surface area contributed by atoms with E-state index >= 15 is 8.78 Å². The first kappa shape index (κ1) is 39.3. The number of nitrogens with zero attached hydrogens (tertiary/aromatic N) is 4. The second-order valence-corrected chi connectivity index (χ2v) is 20.2. The summed E-state index contributed by atoms with van der Waals surface area (Å²) in [5, 5.41) is 26.2. The van der Waals surface area contributed by atoms with Crippen molar-refractivity contribution in [1.29, 1.82) is 5.26 Å². The largest absolute Gasteiger partial charge is 0.490 e. The summed E-state index contributed by atoms with van der Waals surface area (Å²) in [6.07, 6.45) is 7.18. The fraction of sp³-hybridized carbons (Fsp3) is 0.333. The van der Waals surface area contributed by atoms with Gasteiger partial charge in [0.25, 0.3) is 0 Å². The average molecular weight is 759 g/mol. The van der Waals surface area contributed by atoms with Crippen molar-refractivity contribution in [2.45, 2.75) is 58.8 Å². The number of aliphatic hydroxyl groups is 1. The molecule has 3 heterocycles. The van der Waals surface area contributed by atoms with Gasteiger partial charge in [0.15, 0.2) is 22.5 Å². The van der Waals surface area contributed by atoms with Gasteiger partial charge in [-0.05, 0) is 80.0 Å². The molecule has 0 aliphatic carbocycles. The maximum absolute atomic E-state index is 15.6. The topological polar surface area (TPSA) is 126 Å². The summed E-state index contributed by atoms with van der Waals surface area (Å²) in [6.45, 7) is 11.6. The Morgan fingerprint density at radius 1 is 1.04 bits per heavy atom. The highest BCUT2D eigenvalue weighted by Crippen LogP contribution is 2.41. The van der Waals surface area contributed by atoms with E-state index in [1.54, 1.807) is 24.5 Å². The number of benzene rings is 2. The van der Waals surface area contributed by atoms with Crippen LogP contribution in [0.1, 0.15) is 25.0 Å². The molecule has 0 saturated heterocycles. The van der Waals surface area contributed by atoms with Crippen molar-refractivity contribution in [3.63, 3.8) is 0 Å². The fourth-order valence-corrected chi connectivity index (χ4v) is 6.53. The molecule has 14 heteroatoms. The lowest BCUT2D eigenvalue weighted by atomic mass is 10.0. The molecular weight excluding hydrogens is 715 g/mol. The van der Waals surface area contributed by atoms with Gasteiger partial charge in [0, 0.05) is 81.9 Å². The van der Waals surface area contributed by atoms with Crippen molar-refractivity contribution >= 4 is 42.1 Å². The minimum Gasteiger partial charge on any atom is -0.490 e. The van der Waals surface area contributed by atoms with Crippen molar-refractivity contribution in [2.75, 3.05) is 25.1 Å². The molecule has 5 aromatic rings. The molecule has 0 fully saturated rings. The van der Waals surface area contributed by atoms with Crippen LogP contribution in [-0.4, -0.2) is 58.7 Å². The predicted molar refractivity (Wildman–Crippen MR) is 209 cm³/mol. The van der Waals surface area contributed by atoms with Crippen LogP contribution in [0.3, 0.4) is 0 Å². The lowest BCUT2D eigenvalue weighted by Gasteiger charge is -2.17. The zero-order chi connectivity index (χ0) is 38.1. The number of nitriles is 1. The summed E-state index contributed by atoms with van der Waals surface area (Å²) < 4.78 is 51.0. The molecule has 0 bridgehead atoms. The second-order valence-electron chi connectivity index (χ2n) is 14.2. The maximum Gasteiger partial charge on any atom is 0.198 e. The van der Waals surface area contributed by atoms with Crippen molar-refractivity contribution < 1.29 is 28.1 Å². The molecule has 0 saturated carbocycles. The maximum atomic E-state index is 15.6. The van der Waals surface area contributed by atoms with Crippen LogP contribution >= 0.6 is 12.2 Å². The van der Waals surface area contributed by atoms with Crippen LogP contribution in [0.25, 0.3) is 22.2 Å². The molecule has 10 nitrogen and oxygen atoms in total. The Morgan fingerprint density at radius 2 is 1.77 bits per heavy atom. The normalized spacial score (nSPS) is 12.1. The van der Waals surface area contributed by atoms with Gasteiger partial charge in [0.1, 0.15) is 29.9 Å². The Labute approximate surface area is 314 Å². The lowest BCUT2D eigenvalue weighted by molar-refractivity contribution is 0.0899. The highest BCUT2D eigenvalue weighted by molar-refractivity contribution is 7.80. The number of fused-ring (bicyclic) bond motifs is 1. The lowest BCUT2D eigenvalue weighted by Crippen LogP contribution is -2.34. The van der Waals surface area contributed by atoms with Crippen LogP contribution < -0.4 is 20.1 Å². The van der Waals surface area contributed by atoms with Crippen LogP contribution in [-0.2, 0) is 17.9 Å². The van der Waals surface area contributed by atoms with Gasteiger partial charge in [0.05, 0.1) is 17.1 Å². The Morgan fingerprint density at radius 3 is 2.43 bits per heavy atom. The highest BCUT2D eigenvalue weighted by atomic mass is 32.1. The van der Waals surface area contributed by atoms with E-state index in [4.69, 9.17) is 26.4 Å². The summed E-state index contributed by atoms with van der Waals surface area (Å²) in [5.41, 5.74) is 3.20. The number of pyridine rings is 2. The predicted octanol–water partition coefficient (Wildman–Crippen LogP) is 8.28. The van der Waals surface area contributed by atoms with Crippen LogP contribution in [0.4, 0.5) is 14.5 Å². The van der Waals surface area contributed by atoms with Gasteiger partial charge in [0.2, 0.25) is 0 Å². The van der Waals surface area contributed by atoms with Gasteiger partial charge >= 0.3 is 0 Å². The van der Waals surface area contributed by atoms with Crippen molar-refractivity contribution in [3.05, 3.63) is 96.1 Å². The van der Waals surface area contributed by atoms with Gasteiger partial charge in [-0.15, -0.1) is 0 Å². The van der Waals surface area contributed by atoms with Gasteiger partial charge in [-0.25, -0.2) is 13.8 Å². The molecule has 0 radical (unpaired) electrons. The number of hydrogen-bond donors (Lipinski definition) is 3. The van der Waals surface area contributed by atoms with E-state index in [2.05, 4.69) is 46.3 Å². The molecule has 0 amide bonds. The number of anilines is 1. The second kappa shape index (κ2) is 17.7. The number of halogens is 2. The minimum absolute atomic E-state index is 0.0782. The zero-order valence-corrected chi connectivity index (χ0v) is 32.3. The minimum atomic E-state index is -1.33. The fourth-order valence-electron chi connectivity index (χ4n) is 5.58. The standard InChI is InChI=1S/C39H44F2N6O4SSi/c1-25(2)50-34-7-6-28(17-29(34)20-42)31-22-47(24-49-14-15-53(3,4)5)38-36(31)35(10-13-44-38)51-37-32(40)18-30(19-33(37)41)46-39(52)45-21-27(23-48)16-26-8-11-43-12-9-26/h6-13,17-19,22,25,27,48H,14-16,21,23-24H2,1-5H3,(H2,45,46,52). The zero-order valence-electron chi connectivity index (χ0n) is 30.5. The molecule has 3 aromatic heterocycles. The third kappa shape index (κ3) is 10.6. The molecular formula is C39H44F2N6O4SSi. The molecule has 1 atom stereocenters. The monoisotopic (exact) mass is 758 g/mol. The van der Waals surface area contributed by atoms with E-state index in [1.165, 1.54) is 12.3 Å². The van der Waals surface area contributed by atoms with E-state index < -0.39 is 25.5 Å².